The molecule has 35 heavy (non-hydrogen) atoms. The smallest absolute Gasteiger partial charge is 0.316 e. The van der Waals surface area contributed by atoms with E-state index in [0.29, 0.717) is 48.1 Å². The van der Waals surface area contributed by atoms with E-state index in [9.17, 15) is 0 Å². The first-order valence-corrected chi connectivity index (χ1v) is 11.4. The van der Waals surface area contributed by atoms with Crippen LogP contribution in [0.4, 0.5) is 0 Å². The van der Waals surface area contributed by atoms with Gasteiger partial charge in [-0.05, 0) is 23.8 Å². The number of benzene rings is 2. The zero-order valence-electron chi connectivity index (χ0n) is 19.0. The van der Waals surface area contributed by atoms with Gasteiger partial charge in [0, 0.05) is 47.9 Å². The van der Waals surface area contributed by atoms with Crippen LogP contribution < -0.4 is 9.47 Å². The summed E-state index contributed by atoms with van der Waals surface area (Å²) in [6.07, 6.45) is 2.24. The lowest BCUT2D eigenvalue weighted by molar-refractivity contribution is 0.282. The van der Waals surface area contributed by atoms with Crippen LogP contribution in [-0.4, -0.2) is 31.5 Å². The van der Waals surface area contributed by atoms with Gasteiger partial charge in [0.1, 0.15) is 6.61 Å². The number of halogens is 1. The molecule has 176 valence electrons. The maximum atomic E-state index is 6.06. The van der Waals surface area contributed by atoms with Gasteiger partial charge in [-0.3, -0.25) is 4.57 Å². The zero-order chi connectivity index (χ0) is 24.0. The minimum absolute atomic E-state index is 0.370. The SMILES string of the molecule is Cn1c(OCCc2cc(-c3cccc(Cl)c3)on2)nnc1-c1ccnc(OCc2ccccc2)c1. The molecule has 0 aliphatic rings. The largest absolute Gasteiger partial charge is 0.473 e. The summed E-state index contributed by atoms with van der Waals surface area (Å²) in [4.78, 5) is 4.29. The van der Waals surface area contributed by atoms with E-state index in [4.69, 9.17) is 25.6 Å². The molecule has 0 N–H and O–H groups in total. The molecule has 5 aromatic rings. The molecule has 0 spiro atoms. The Morgan fingerprint density at radius 3 is 2.66 bits per heavy atom. The summed E-state index contributed by atoms with van der Waals surface area (Å²) in [5.41, 5.74) is 3.55. The number of hydrogen-bond acceptors (Lipinski definition) is 7. The Kier molecular flexibility index (Phi) is 6.72. The molecular formula is C26H22ClN5O3. The molecular weight excluding hydrogens is 466 g/mol. The van der Waals surface area contributed by atoms with Crippen LogP contribution in [0.25, 0.3) is 22.7 Å². The van der Waals surface area contributed by atoms with Gasteiger partial charge in [-0.2, -0.15) is 0 Å². The van der Waals surface area contributed by atoms with Crippen molar-refractivity contribution in [2.24, 2.45) is 7.05 Å². The first-order valence-electron chi connectivity index (χ1n) is 11.0. The second-order valence-corrected chi connectivity index (χ2v) is 8.25. The minimum Gasteiger partial charge on any atom is -0.473 e. The van der Waals surface area contributed by atoms with Crippen LogP contribution in [0.2, 0.25) is 5.02 Å². The molecule has 3 heterocycles. The van der Waals surface area contributed by atoms with Crippen molar-refractivity contribution in [3.8, 4) is 34.6 Å². The van der Waals surface area contributed by atoms with Crippen molar-refractivity contribution in [2.75, 3.05) is 6.61 Å². The van der Waals surface area contributed by atoms with E-state index >= 15 is 0 Å². The molecule has 0 aliphatic heterocycles. The molecule has 5 rings (SSSR count). The number of ether oxygens (including phenoxy) is 2. The van der Waals surface area contributed by atoms with Gasteiger partial charge in [0.05, 0.1) is 12.3 Å². The molecule has 0 unspecified atom stereocenters. The Morgan fingerprint density at radius 1 is 0.914 bits per heavy atom. The third kappa shape index (κ3) is 5.50. The molecule has 0 saturated carbocycles. The van der Waals surface area contributed by atoms with Crippen LogP contribution >= 0.6 is 11.6 Å². The van der Waals surface area contributed by atoms with E-state index in [1.54, 1.807) is 10.8 Å². The maximum Gasteiger partial charge on any atom is 0.316 e. The Bertz CT molecular complexity index is 1420. The molecule has 0 radical (unpaired) electrons. The molecule has 9 heteroatoms. The Morgan fingerprint density at radius 2 is 1.80 bits per heavy atom. The van der Waals surface area contributed by atoms with E-state index in [-0.39, 0.29) is 0 Å². The van der Waals surface area contributed by atoms with Crippen molar-refractivity contribution in [1.29, 1.82) is 0 Å². The van der Waals surface area contributed by atoms with Crippen molar-refractivity contribution in [3.63, 3.8) is 0 Å². The van der Waals surface area contributed by atoms with Crippen LogP contribution in [0.1, 0.15) is 11.3 Å². The average Bonchev–Trinajstić information content (AvgIpc) is 3.51. The van der Waals surface area contributed by atoms with Crippen LogP contribution in [-0.2, 0) is 20.1 Å². The normalized spacial score (nSPS) is 10.9. The summed E-state index contributed by atoms with van der Waals surface area (Å²) >= 11 is 6.06. The van der Waals surface area contributed by atoms with Crippen LogP contribution in [0.5, 0.6) is 11.9 Å². The van der Waals surface area contributed by atoms with E-state index in [1.165, 1.54) is 0 Å². The Hall–Kier alpha value is -4.17. The highest BCUT2D eigenvalue weighted by Gasteiger charge is 2.14. The molecule has 0 atom stereocenters. The van der Waals surface area contributed by atoms with Gasteiger partial charge < -0.3 is 14.0 Å². The Balaban J connectivity index is 1.20. The van der Waals surface area contributed by atoms with Gasteiger partial charge in [-0.25, -0.2) is 4.98 Å². The first-order chi connectivity index (χ1) is 17.2. The first kappa shape index (κ1) is 22.6. The quantitative estimate of drug-likeness (QED) is 0.275. The van der Waals surface area contributed by atoms with Crippen molar-refractivity contribution < 1.29 is 14.0 Å². The summed E-state index contributed by atoms with van der Waals surface area (Å²) in [6, 6.07) is 23.4. The number of hydrogen-bond donors (Lipinski definition) is 0. The predicted molar refractivity (Wildman–Crippen MR) is 131 cm³/mol. The monoisotopic (exact) mass is 487 g/mol. The standard InChI is InChI=1S/C26H22ClN5O3/c1-32-25(20-10-12-28-24(15-20)34-17-18-6-3-2-4-7-18)29-30-26(32)33-13-11-22-16-23(35-31-22)19-8-5-9-21(27)14-19/h2-10,12,14-16H,11,13,17H2,1H3. The van der Waals surface area contributed by atoms with Crippen molar-refractivity contribution in [1.82, 2.24) is 24.9 Å². The maximum absolute atomic E-state index is 6.06. The topological polar surface area (TPSA) is 88.1 Å². The highest BCUT2D eigenvalue weighted by atomic mass is 35.5. The fourth-order valence-electron chi connectivity index (χ4n) is 3.51. The predicted octanol–water partition coefficient (Wildman–Crippen LogP) is 5.39. The molecule has 2 aromatic carbocycles. The van der Waals surface area contributed by atoms with Crippen molar-refractivity contribution in [3.05, 3.63) is 95.3 Å². The molecule has 0 aliphatic carbocycles. The number of rotatable bonds is 9. The lowest BCUT2D eigenvalue weighted by Gasteiger charge is -2.08. The van der Waals surface area contributed by atoms with Gasteiger partial charge in [0.15, 0.2) is 11.6 Å². The summed E-state index contributed by atoms with van der Waals surface area (Å²) in [7, 11) is 1.85. The average molecular weight is 488 g/mol. The van der Waals surface area contributed by atoms with Gasteiger partial charge in [0.2, 0.25) is 5.88 Å². The third-order valence-corrected chi connectivity index (χ3v) is 5.55. The summed E-state index contributed by atoms with van der Waals surface area (Å²) in [6.45, 7) is 0.806. The second-order valence-electron chi connectivity index (χ2n) is 7.81. The van der Waals surface area contributed by atoms with Gasteiger partial charge in [-0.1, -0.05) is 64.3 Å². The molecule has 8 nitrogen and oxygen atoms in total. The third-order valence-electron chi connectivity index (χ3n) is 5.31. The van der Waals surface area contributed by atoms with E-state index in [0.717, 1.165) is 22.4 Å². The van der Waals surface area contributed by atoms with Crippen LogP contribution in [0, 0.1) is 0 Å². The molecule has 0 bridgehead atoms. The van der Waals surface area contributed by atoms with Gasteiger partial charge in [0.25, 0.3) is 0 Å². The fraction of sp³-hybridized carbons (Fsp3) is 0.154. The molecule has 0 saturated heterocycles. The lowest BCUT2D eigenvalue weighted by atomic mass is 10.1. The highest BCUT2D eigenvalue weighted by molar-refractivity contribution is 6.30. The number of aromatic nitrogens is 5. The number of nitrogens with zero attached hydrogens (tertiary/aromatic N) is 5. The minimum atomic E-state index is 0.370. The molecule has 0 amide bonds. The molecule has 0 fully saturated rings. The van der Waals surface area contributed by atoms with Gasteiger partial charge >= 0.3 is 6.01 Å². The van der Waals surface area contributed by atoms with E-state index in [2.05, 4.69) is 20.3 Å². The van der Waals surface area contributed by atoms with Crippen LogP contribution in [0.3, 0.4) is 0 Å². The van der Waals surface area contributed by atoms with Crippen molar-refractivity contribution in [2.45, 2.75) is 13.0 Å². The van der Waals surface area contributed by atoms with E-state index < -0.39 is 0 Å². The Labute approximate surface area is 207 Å². The van der Waals surface area contributed by atoms with Crippen molar-refractivity contribution >= 4 is 11.6 Å². The van der Waals surface area contributed by atoms with Gasteiger partial charge in [-0.15, -0.1) is 5.10 Å². The van der Waals surface area contributed by atoms with Crippen LogP contribution in [0.15, 0.2) is 83.5 Å². The molecule has 3 aromatic heterocycles. The zero-order valence-corrected chi connectivity index (χ0v) is 19.7. The number of pyridine rings is 1. The lowest BCUT2D eigenvalue weighted by Crippen LogP contribution is -2.06. The summed E-state index contributed by atoms with van der Waals surface area (Å²) in [5, 5.41) is 13.2. The highest BCUT2D eigenvalue weighted by Crippen LogP contribution is 2.25. The summed E-state index contributed by atoms with van der Waals surface area (Å²) in [5.74, 6) is 1.82. The summed E-state index contributed by atoms with van der Waals surface area (Å²) < 4.78 is 18.9. The van der Waals surface area contributed by atoms with E-state index in [1.807, 2.05) is 79.8 Å². The second kappa shape index (κ2) is 10.4. The fourth-order valence-corrected chi connectivity index (χ4v) is 3.70.